The summed E-state index contributed by atoms with van der Waals surface area (Å²) in [6.07, 6.45) is -0.597. The number of hydrogen-bond donors (Lipinski definition) is 1. The zero-order chi connectivity index (χ0) is 13.8. The van der Waals surface area contributed by atoms with Gasteiger partial charge in [-0.3, -0.25) is 0 Å². The van der Waals surface area contributed by atoms with Crippen molar-refractivity contribution in [3.8, 4) is 5.75 Å². The molecule has 19 heavy (non-hydrogen) atoms. The van der Waals surface area contributed by atoms with Crippen LogP contribution in [0.15, 0.2) is 42.5 Å². The summed E-state index contributed by atoms with van der Waals surface area (Å²) in [6, 6.07) is 13.9. The highest BCUT2D eigenvalue weighted by molar-refractivity contribution is 5.39. The number of aliphatic hydroxyl groups excluding tert-OH is 1. The van der Waals surface area contributed by atoms with Crippen LogP contribution in [0.2, 0.25) is 0 Å². The Morgan fingerprint density at radius 3 is 2.11 bits per heavy atom. The fourth-order valence-corrected chi connectivity index (χ4v) is 2.24. The average Bonchev–Trinajstić information content (AvgIpc) is 2.38. The van der Waals surface area contributed by atoms with Crippen molar-refractivity contribution in [3.05, 3.63) is 64.7 Å². The van der Waals surface area contributed by atoms with Crippen molar-refractivity contribution in [2.45, 2.75) is 26.9 Å². The second-order valence-corrected chi connectivity index (χ2v) is 4.90. The van der Waals surface area contributed by atoms with Gasteiger partial charge in [-0.15, -0.1) is 0 Å². The topological polar surface area (TPSA) is 29.5 Å². The molecular weight excluding hydrogens is 236 g/mol. The van der Waals surface area contributed by atoms with Crippen LogP contribution in [0.4, 0.5) is 0 Å². The van der Waals surface area contributed by atoms with Crippen LogP contribution >= 0.6 is 0 Å². The van der Waals surface area contributed by atoms with Gasteiger partial charge in [-0.25, -0.2) is 0 Å². The Labute approximate surface area is 114 Å². The van der Waals surface area contributed by atoms with Crippen LogP contribution in [0.25, 0.3) is 0 Å². The highest BCUT2D eigenvalue weighted by Crippen LogP contribution is 2.24. The molecule has 2 rings (SSSR count). The monoisotopic (exact) mass is 256 g/mol. The van der Waals surface area contributed by atoms with Crippen molar-refractivity contribution in [1.82, 2.24) is 0 Å². The van der Waals surface area contributed by atoms with E-state index in [2.05, 4.69) is 0 Å². The number of para-hydroxylation sites is 1. The molecule has 0 aliphatic carbocycles. The Balaban J connectivity index is 2.09. The van der Waals surface area contributed by atoms with Gasteiger partial charge in [0.05, 0.1) is 0 Å². The van der Waals surface area contributed by atoms with Gasteiger partial charge in [0.25, 0.3) is 0 Å². The lowest BCUT2D eigenvalue weighted by molar-refractivity contribution is 0.107. The Bertz CT molecular complexity index is 541. The van der Waals surface area contributed by atoms with Crippen LogP contribution in [-0.4, -0.2) is 11.7 Å². The molecule has 2 aromatic rings. The summed E-state index contributed by atoms with van der Waals surface area (Å²) in [4.78, 5) is 0. The van der Waals surface area contributed by atoms with Crippen molar-refractivity contribution in [2.24, 2.45) is 0 Å². The fourth-order valence-electron chi connectivity index (χ4n) is 2.24. The number of hydrogen-bond acceptors (Lipinski definition) is 2. The molecule has 100 valence electrons. The summed E-state index contributed by atoms with van der Waals surface area (Å²) < 4.78 is 5.79. The summed E-state index contributed by atoms with van der Waals surface area (Å²) in [5.41, 5.74) is 4.20. The van der Waals surface area contributed by atoms with E-state index in [1.165, 1.54) is 0 Å². The van der Waals surface area contributed by atoms with E-state index in [9.17, 15) is 5.11 Å². The molecule has 0 aliphatic heterocycles. The molecular formula is C17H20O2. The first-order chi connectivity index (χ1) is 9.09. The number of aliphatic hydroxyl groups is 1. The van der Waals surface area contributed by atoms with E-state index in [4.69, 9.17) is 4.74 Å². The van der Waals surface area contributed by atoms with Gasteiger partial charge in [-0.05, 0) is 43.0 Å². The molecule has 0 heterocycles. The first-order valence-electron chi connectivity index (χ1n) is 6.52. The van der Waals surface area contributed by atoms with E-state index in [1.807, 2.05) is 63.2 Å². The van der Waals surface area contributed by atoms with Crippen molar-refractivity contribution >= 4 is 0 Å². The summed E-state index contributed by atoms with van der Waals surface area (Å²) in [5, 5.41) is 10.2. The third-order valence-corrected chi connectivity index (χ3v) is 3.34. The van der Waals surface area contributed by atoms with E-state index in [0.29, 0.717) is 0 Å². The highest BCUT2D eigenvalue weighted by atomic mass is 16.5. The predicted octanol–water partition coefficient (Wildman–Crippen LogP) is 3.72. The third kappa shape index (κ3) is 3.15. The summed E-state index contributed by atoms with van der Waals surface area (Å²) >= 11 is 0. The Hall–Kier alpha value is -1.80. The van der Waals surface area contributed by atoms with Gasteiger partial charge < -0.3 is 9.84 Å². The second kappa shape index (κ2) is 5.89. The minimum atomic E-state index is -0.597. The summed E-state index contributed by atoms with van der Waals surface area (Å²) in [6.45, 7) is 6.30. The lowest BCUT2D eigenvalue weighted by atomic mass is 10.0. The molecule has 0 saturated heterocycles. The van der Waals surface area contributed by atoms with Crippen molar-refractivity contribution in [2.75, 3.05) is 6.61 Å². The van der Waals surface area contributed by atoms with E-state index in [0.717, 1.165) is 28.0 Å². The van der Waals surface area contributed by atoms with Crippen LogP contribution < -0.4 is 4.74 Å². The Morgan fingerprint density at radius 1 is 0.895 bits per heavy atom. The average molecular weight is 256 g/mol. The molecule has 1 atom stereocenters. The van der Waals surface area contributed by atoms with Crippen molar-refractivity contribution in [1.29, 1.82) is 0 Å². The highest BCUT2D eigenvalue weighted by Gasteiger charge is 2.12. The summed E-state index contributed by atoms with van der Waals surface area (Å²) in [7, 11) is 0. The molecule has 0 aromatic heterocycles. The quantitative estimate of drug-likeness (QED) is 0.903. The molecule has 0 aliphatic rings. The first-order valence-corrected chi connectivity index (χ1v) is 6.52. The van der Waals surface area contributed by atoms with Gasteiger partial charge in [-0.1, -0.05) is 42.5 Å². The number of aryl methyl sites for hydroxylation is 3. The molecule has 0 saturated carbocycles. The van der Waals surface area contributed by atoms with Gasteiger partial charge in [0.1, 0.15) is 18.5 Å². The van der Waals surface area contributed by atoms with E-state index >= 15 is 0 Å². The van der Waals surface area contributed by atoms with Crippen LogP contribution in [0.5, 0.6) is 5.75 Å². The molecule has 0 fully saturated rings. The third-order valence-electron chi connectivity index (χ3n) is 3.34. The van der Waals surface area contributed by atoms with Crippen LogP contribution in [0, 0.1) is 20.8 Å². The smallest absolute Gasteiger partial charge is 0.125 e. The zero-order valence-electron chi connectivity index (χ0n) is 11.7. The molecule has 2 heteroatoms. The largest absolute Gasteiger partial charge is 0.490 e. The minimum Gasteiger partial charge on any atom is -0.490 e. The predicted molar refractivity (Wildman–Crippen MR) is 77.5 cm³/mol. The van der Waals surface area contributed by atoms with Gasteiger partial charge in [0, 0.05) is 0 Å². The van der Waals surface area contributed by atoms with E-state index in [1.54, 1.807) is 0 Å². The van der Waals surface area contributed by atoms with Gasteiger partial charge >= 0.3 is 0 Å². The lowest BCUT2D eigenvalue weighted by Crippen LogP contribution is -2.12. The molecule has 0 radical (unpaired) electrons. The lowest BCUT2D eigenvalue weighted by Gasteiger charge is -2.17. The fraction of sp³-hybridized carbons (Fsp3) is 0.294. The Morgan fingerprint density at radius 2 is 1.47 bits per heavy atom. The molecule has 0 bridgehead atoms. The van der Waals surface area contributed by atoms with Crippen molar-refractivity contribution < 1.29 is 9.84 Å². The number of benzene rings is 2. The second-order valence-electron chi connectivity index (χ2n) is 4.90. The zero-order valence-corrected chi connectivity index (χ0v) is 11.7. The van der Waals surface area contributed by atoms with Crippen LogP contribution in [-0.2, 0) is 0 Å². The molecule has 0 spiro atoms. The summed E-state index contributed by atoms with van der Waals surface area (Å²) in [5.74, 6) is 0.870. The van der Waals surface area contributed by atoms with Gasteiger partial charge in [0.15, 0.2) is 0 Å². The molecule has 1 unspecified atom stereocenters. The SMILES string of the molecule is Cc1ccccc1C(O)COc1c(C)cccc1C. The number of rotatable bonds is 4. The standard InChI is InChI=1S/C17H20O2/c1-12-7-4-5-10-15(12)16(18)11-19-17-13(2)8-6-9-14(17)3/h4-10,16,18H,11H2,1-3H3. The van der Waals surface area contributed by atoms with Crippen LogP contribution in [0.1, 0.15) is 28.4 Å². The van der Waals surface area contributed by atoms with Crippen molar-refractivity contribution in [3.63, 3.8) is 0 Å². The minimum absolute atomic E-state index is 0.274. The normalized spacial score (nSPS) is 12.2. The van der Waals surface area contributed by atoms with E-state index in [-0.39, 0.29) is 6.61 Å². The van der Waals surface area contributed by atoms with Gasteiger partial charge in [0.2, 0.25) is 0 Å². The molecule has 2 aromatic carbocycles. The molecule has 1 N–H and O–H groups in total. The Kier molecular flexibility index (Phi) is 4.23. The maximum absolute atomic E-state index is 10.2. The number of ether oxygens (including phenoxy) is 1. The maximum atomic E-state index is 10.2. The maximum Gasteiger partial charge on any atom is 0.125 e. The first kappa shape index (κ1) is 13.6. The van der Waals surface area contributed by atoms with E-state index < -0.39 is 6.10 Å². The molecule has 0 amide bonds. The molecule has 2 nitrogen and oxygen atoms in total. The van der Waals surface area contributed by atoms with Gasteiger partial charge in [-0.2, -0.15) is 0 Å². The van der Waals surface area contributed by atoms with Crippen LogP contribution in [0.3, 0.4) is 0 Å².